The van der Waals surface area contributed by atoms with Gasteiger partial charge in [-0.2, -0.15) is 5.10 Å². The molecule has 1 N–H and O–H groups in total. The Morgan fingerprint density at radius 1 is 1.38 bits per heavy atom. The van der Waals surface area contributed by atoms with E-state index in [0.29, 0.717) is 18.9 Å². The van der Waals surface area contributed by atoms with Crippen LogP contribution in [0, 0.1) is 0 Å². The second-order valence-electron chi connectivity index (χ2n) is 6.86. The van der Waals surface area contributed by atoms with Crippen LogP contribution in [0.4, 0.5) is 0 Å². The Morgan fingerprint density at radius 2 is 2.31 bits per heavy atom. The number of fused-ring (bicyclic) bond motifs is 1. The van der Waals surface area contributed by atoms with Gasteiger partial charge in [0.2, 0.25) is 5.91 Å². The summed E-state index contributed by atoms with van der Waals surface area (Å²) in [4.78, 5) is 23.7. The number of aromatic nitrogens is 5. The maximum absolute atomic E-state index is 12.7. The molecule has 0 spiro atoms. The summed E-state index contributed by atoms with van der Waals surface area (Å²) >= 11 is 0. The lowest BCUT2D eigenvalue weighted by atomic mass is 9.94. The van der Waals surface area contributed by atoms with Crippen molar-refractivity contribution < 1.29 is 4.79 Å². The molecule has 1 saturated heterocycles. The normalized spacial score (nSPS) is 17.7. The van der Waals surface area contributed by atoms with Crippen molar-refractivity contribution >= 4 is 16.9 Å². The minimum absolute atomic E-state index is 0.216. The number of hydrogen-bond acceptors (Lipinski definition) is 4. The first-order chi connectivity index (χ1) is 12.7. The lowest BCUT2D eigenvalue weighted by Crippen LogP contribution is -2.39. The summed E-state index contributed by atoms with van der Waals surface area (Å²) in [6.07, 6.45) is 9.02. The second-order valence-corrected chi connectivity index (χ2v) is 6.86. The van der Waals surface area contributed by atoms with Crippen LogP contribution >= 0.6 is 0 Å². The molecule has 3 aromatic heterocycles. The Bertz CT molecular complexity index is 898. The van der Waals surface area contributed by atoms with Crippen LogP contribution < -0.4 is 0 Å². The number of aryl methyl sites for hydroxylation is 2. The highest BCUT2D eigenvalue weighted by molar-refractivity contribution is 5.76. The van der Waals surface area contributed by atoms with Gasteiger partial charge in [0, 0.05) is 61.9 Å². The van der Waals surface area contributed by atoms with E-state index in [-0.39, 0.29) is 5.91 Å². The van der Waals surface area contributed by atoms with Crippen molar-refractivity contribution in [2.45, 2.75) is 45.1 Å². The molecule has 7 nitrogen and oxygen atoms in total. The molecule has 3 aromatic rings. The van der Waals surface area contributed by atoms with Crippen LogP contribution in [0.1, 0.15) is 43.6 Å². The molecule has 1 fully saturated rings. The van der Waals surface area contributed by atoms with Gasteiger partial charge in [-0.05, 0) is 25.0 Å². The number of pyridine rings is 1. The molecule has 4 rings (SSSR count). The van der Waals surface area contributed by atoms with Gasteiger partial charge in [0.15, 0.2) is 5.65 Å². The largest absolute Gasteiger partial charge is 0.342 e. The molecule has 1 aliphatic rings. The molecule has 1 atom stereocenters. The minimum Gasteiger partial charge on any atom is -0.342 e. The molecule has 1 amide bonds. The molecular weight excluding hydrogens is 328 g/mol. The van der Waals surface area contributed by atoms with E-state index in [1.54, 1.807) is 12.4 Å². The Labute approximate surface area is 152 Å². The molecule has 0 radical (unpaired) electrons. The number of piperidine rings is 1. The van der Waals surface area contributed by atoms with Crippen LogP contribution in [0.25, 0.3) is 11.0 Å². The standard InChI is InChI=1S/C19H24N6O/c1-2-17-20-8-11-24(17)10-7-18(26)25-9-3-4-15(13-25)16-6-5-14-12-21-23-19(14)22-16/h5-6,8,11-12,15H,2-4,7,9-10,13H2,1H3,(H,21,22,23)/t15-/m0/s1. The smallest absolute Gasteiger partial charge is 0.224 e. The maximum atomic E-state index is 12.7. The number of rotatable bonds is 5. The highest BCUT2D eigenvalue weighted by atomic mass is 16.2. The lowest BCUT2D eigenvalue weighted by molar-refractivity contribution is -0.132. The van der Waals surface area contributed by atoms with E-state index in [2.05, 4.69) is 32.7 Å². The molecule has 0 saturated carbocycles. The van der Waals surface area contributed by atoms with E-state index in [9.17, 15) is 4.79 Å². The third-order valence-corrected chi connectivity index (χ3v) is 5.20. The van der Waals surface area contributed by atoms with Crippen molar-refractivity contribution in [3.05, 3.63) is 42.2 Å². The number of carbonyl (C=O) groups is 1. The molecule has 7 heteroatoms. The van der Waals surface area contributed by atoms with Gasteiger partial charge in [-0.1, -0.05) is 6.92 Å². The molecule has 26 heavy (non-hydrogen) atoms. The van der Waals surface area contributed by atoms with Crippen LogP contribution in [0.5, 0.6) is 0 Å². The van der Waals surface area contributed by atoms with Crippen molar-refractivity contribution in [3.8, 4) is 0 Å². The van der Waals surface area contributed by atoms with E-state index in [4.69, 9.17) is 4.98 Å². The van der Waals surface area contributed by atoms with Crippen LogP contribution in [0.3, 0.4) is 0 Å². The summed E-state index contributed by atoms with van der Waals surface area (Å²) in [6.45, 7) is 4.36. The Hall–Kier alpha value is -2.70. The topological polar surface area (TPSA) is 79.7 Å². The van der Waals surface area contributed by atoms with Crippen LogP contribution in [0.2, 0.25) is 0 Å². The van der Waals surface area contributed by atoms with E-state index in [1.807, 2.05) is 17.2 Å². The highest BCUT2D eigenvalue weighted by Gasteiger charge is 2.25. The van der Waals surface area contributed by atoms with Gasteiger partial charge in [-0.3, -0.25) is 9.89 Å². The fraction of sp³-hybridized carbons (Fsp3) is 0.474. The van der Waals surface area contributed by atoms with Crippen molar-refractivity contribution in [1.82, 2.24) is 29.6 Å². The molecule has 0 unspecified atom stereocenters. The lowest BCUT2D eigenvalue weighted by Gasteiger charge is -2.32. The predicted molar refractivity (Wildman–Crippen MR) is 98.7 cm³/mol. The molecular formula is C19H24N6O. The fourth-order valence-corrected chi connectivity index (χ4v) is 3.75. The maximum Gasteiger partial charge on any atom is 0.224 e. The summed E-state index contributed by atoms with van der Waals surface area (Å²) in [5.41, 5.74) is 1.86. The first kappa shape index (κ1) is 16.8. The highest BCUT2D eigenvalue weighted by Crippen LogP contribution is 2.27. The van der Waals surface area contributed by atoms with Crippen LogP contribution in [-0.4, -0.2) is 48.6 Å². The van der Waals surface area contributed by atoms with Gasteiger partial charge in [0.1, 0.15) is 5.82 Å². The second kappa shape index (κ2) is 7.27. The first-order valence-corrected chi connectivity index (χ1v) is 9.32. The molecule has 136 valence electrons. The SMILES string of the molecule is CCc1nccn1CCC(=O)N1CCC[C@H](c2ccc3cn[nH]c3n2)C1. The number of likely N-dealkylation sites (tertiary alicyclic amines) is 1. The van der Waals surface area contributed by atoms with E-state index in [1.165, 1.54) is 0 Å². The number of hydrogen-bond donors (Lipinski definition) is 1. The van der Waals surface area contributed by atoms with Crippen molar-refractivity contribution in [2.24, 2.45) is 0 Å². The Kier molecular flexibility index (Phi) is 4.69. The molecule has 1 aliphatic heterocycles. The predicted octanol–water partition coefficient (Wildman–Crippen LogP) is 2.51. The minimum atomic E-state index is 0.216. The number of nitrogens with zero attached hydrogens (tertiary/aromatic N) is 5. The number of carbonyl (C=O) groups excluding carboxylic acids is 1. The van der Waals surface area contributed by atoms with Gasteiger partial charge in [-0.25, -0.2) is 9.97 Å². The molecule has 4 heterocycles. The van der Waals surface area contributed by atoms with Crippen LogP contribution in [-0.2, 0) is 17.8 Å². The first-order valence-electron chi connectivity index (χ1n) is 9.32. The zero-order valence-corrected chi connectivity index (χ0v) is 15.1. The number of imidazole rings is 1. The molecule has 0 aromatic carbocycles. The average molecular weight is 352 g/mol. The zero-order chi connectivity index (χ0) is 17.9. The molecule has 0 bridgehead atoms. The summed E-state index contributed by atoms with van der Waals surface area (Å²) in [5, 5.41) is 7.98. The fourth-order valence-electron chi connectivity index (χ4n) is 3.75. The number of amides is 1. The summed E-state index contributed by atoms with van der Waals surface area (Å²) in [7, 11) is 0. The number of aromatic amines is 1. The summed E-state index contributed by atoms with van der Waals surface area (Å²) in [5.74, 6) is 1.54. The Morgan fingerprint density at radius 3 is 3.19 bits per heavy atom. The van der Waals surface area contributed by atoms with Gasteiger partial charge < -0.3 is 9.47 Å². The molecule has 0 aliphatic carbocycles. The summed E-state index contributed by atoms with van der Waals surface area (Å²) in [6, 6.07) is 4.11. The third-order valence-electron chi connectivity index (χ3n) is 5.20. The number of nitrogens with one attached hydrogen (secondary N) is 1. The summed E-state index contributed by atoms with van der Waals surface area (Å²) < 4.78 is 2.08. The average Bonchev–Trinajstić information content (AvgIpc) is 3.34. The number of H-pyrrole nitrogens is 1. The van der Waals surface area contributed by atoms with Crippen LogP contribution in [0.15, 0.2) is 30.7 Å². The monoisotopic (exact) mass is 352 g/mol. The van der Waals surface area contributed by atoms with Crippen molar-refractivity contribution in [1.29, 1.82) is 0 Å². The van der Waals surface area contributed by atoms with Gasteiger partial charge in [0.25, 0.3) is 0 Å². The van der Waals surface area contributed by atoms with E-state index >= 15 is 0 Å². The quantitative estimate of drug-likeness (QED) is 0.765. The van der Waals surface area contributed by atoms with E-state index < -0.39 is 0 Å². The Balaban J connectivity index is 1.40. The van der Waals surface area contributed by atoms with Gasteiger partial charge in [-0.15, -0.1) is 0 Å². The van der Waals surface area contributed by atoms with Crippen molar-refractivity contribution in [3.63, 3.8) is 0 Å². The zero-order valence-electron chi connectivity index (χ0n) is 15.1. The third kappa shape index (κ3) is 3.34. The van der Waals surface area contributed by atoms with Gasteiger partial charge in [0.05, 0.1) is 6.20 Å². The van der Waals surface area contributed by atoms with E-state index in [0.717, 1.165) is 54.9 Å². The van der Waals surface area contributed by atoms with Crippen molar-refractivity contribution in [2.75, 3.05) is 13.1 Å². The van der Waals surface area contributed by atoms with Gasteiger partial charge >= 0.3 is 0 Å².